The quantitative estimate of drug-likeness (QED) is 0.545. The van der Waals surface area contributed by atoms with E-state index in [-0.39, 0.29) is 30.2 Å². The molecular weight excluding hydrogens is 407 g/mol. The lowest BCUT2D eigenvalue weighted by molar-refractivity contribution is -0.121. The molecule has 1 heterocycles. The highest BCUT2D eigenvalue weighted by Gasteiger charge is 2.22. The van der Waals surface area contributed by atoms with E-state index in [0.29, 0.717) is 12.2 Å². The highest BCUT2D eigenvalue weighted by Crippen LogP contribution is 2.32. The molecule has 0 aromatic heterocycles. The van der Waals surface area contributed by atoms with Gasteiger partial charge in [0, 0.05) is 18.8 Å². The van der Waals surface area contributed by atoms with Crippen LogP contribution in [0.25, 0.3) is 0 Å². The number of esters is 1. The Balaban J connectivity index is 1.72. The Morgan fingerprint density at radius 1 is 1.06 bits per heavy atom. The minimum atomic E-state index is -0.368. The molecule has 1 aliphatic heterocycles. The number of benzene rings is 2. The predicted molar refractivity (Wildman–Crippen MR) is 124 cm³/mol. The first-order valence-electron chi connectivity index (χ1n) is 11.6. The van der Waals surface area contributed by atoms with Gasteiger partial charge in [0.25, 0.3) is 0 Å². The van der Waals surface area contributed by atoms with Crippen LogP contribution in [0.2, 0.25) is 0 Å². The number of carbonyl (C=O) groups excluding carboxylic acids is 2. The summed E-state index contributed by atoms with van der Waals surface area (Å²) in [5, 5.41) is 3.16. The summed E-state index contributed by atoms with van der Waals surface area (Å²) in [6, 6.07) is 11.6. The van der Waals surface area contributed by atoms with E-state index in [4.69, 9.17) is 4.74 Å². The van der Waals surface area contributed by atoms with Gasteiger partial charge >= 0.3 is 5.97 Å². The van der Waals surface area contributed by atoms with Gasteiger partial charge < -0.3 is 15.0 Å². The second-order valence-corrected chi connectivity index (χ2v) is 8.25. The molecular formula is C26H33FN2O3. The lowest BCUT2D eigenvalue weighted by Gasteiger charge is -2.33. The summed E-state index contributed by atoms with van der Waals surface area (Å²) >= 11 is 0. The minimum Gasteiger partial charge on any atom is -0.462 e. The largest absolute Gasteiger partial charge is 0.462 e. The van der Waals surface area contributed by atoms with E-state index in [0.717, 1.165) is 55.6 Å². The Bertz CT molecular complexity index is 908. The third kappa shape index (κ3) is 6.31. The molecule has 5 nitrogen and oxygen atoms in total. The maximum atomic E-state index is 14.1. The summed E-state index contributed by atoms with van der Waals surface area (Å²) in [5.74, 6) is -0.716. The Hall–Kier alpha value is -2.89. The van der Waals surface area contributed by atoms with Crippen LogP contribution in [0.3, 0.4) is 0 Å². The SMILES string of the molecule is CCCC(NC(=O)Cc1ccc(C(=O)OCC)cc1)c1ccc(F)cc1N1CCCCC1. The number of halogens is 1. The molecule has 1 N–H and O–H groups in total. The van der Waals surface area contributed by atoms with Crippen LogP contribution >= 0.6 is 0 Å². The topological polar surface area (TPSA) is 58.6 Å². The maximum Gasteiger partial charge on any atom is 0.338 e. The van der Waals surface area contributed by atoms with Crippen molar-refractivity contribution in [3.8, 4) is 0 Å². The second-order valence-electron chi connectivity index (χ2n) is 8.25. The van der Waals surface area contributed by atoms with Crippen LogP contribution in [-0.2, 0) is 16.0 Å². The Kier molecular flexibility index (Phi) is 8.65. The Morgan fingerprint density at radius 2 is 1.78 bits per heavy atom. The maximum absolute atomic E-state index is 14.1. The molecule has 1 amide bonds. The minimum absolute atomic E-state index is 0.0961. The van der Waals surface area contributed by atoms with Gasteiger partial charge in [0.15, 0.2) is 0 Å². The molecule has 1 atom stereocenters. The highest BCUT2D eigenvalue weighted by molar-refractivity contribution is 5.89. The van der Waals surface area contributed by atoms with Gasteiger partial charge in [0.1, 0.15) is 5.82 Å². The molecule has 1 saturated heterocycles. The number of carbonyl (C=O) groups is 2. The third-order valence-electron chi connectivity index (χ3n) is 5.81. The number of anilines is 1. The van der Waals surface area contributed by atoms with E-state index >= 15 is 0 Å². The monoisotopic (exact) mass is 440 g/mol. The van der Waals surface area contributed by atoms with Crippen LogP contribution in [0.4, 0.5) is 10.1 Å². The van der Waals surface area contributed by atoms with E-state index in [1.807, 2.05) is 6.07 Å². The summed E-state index contributed by atoms with van der Waals surface area (Å²) in [6.07, 6.45) is 5.29. The zero-order valence-corrected chi connectivity index (χ0v) is 19.0. The number of nitrogens with zero attached hydrogens (tertiary/aromatic N) is 1. The van der Waals surface area contributed by atoms with Crippen molar-refractivity contribution in [1.82, 2.24) is 5.32 Å². The first-order chi connectivity index (χ1) is 15.5. The van der Waals surface area contributed by atoms with Crippen molar-refractivity contribution in [3.05, 3.63) is 65.0 Å². The molecule has 0 radical (unpaired) electrons. The van der Waals surface area contributed by atoms with Crippen LogP contribution < -0.4 is 10.2 Å². The Labute approximate surface area is 190 Å². The molecule has 172 valence electrons. The van der Waals surface area contributed by atoms with Crippen molar-refractivity contribution >= 4 is 17.6 Å². The van der Waals surface area contributed by atoms with Gasteiger partial charge in [-0.25, -0.2) is 9.18 Å². The number of piperidine rings is 1. The van der Waals surface area contributed by atoms with E-state index in [1.54, 1.807) is 37.3 Å². The fourth-order valence-electron chi connectivity index (χ4n) is 4.22. The first kappa shape index (κ1) is 23.8. The highest BCUT2D eigenvalue weighted by atomic mass is 19.1. The van der Waals surface area contributed by atoms with Crippen LogP contribution in [0.1, 0.15) is 73.5 Å². The Morgan fingerprint density at radius 3 is 2.44 bits per heavy atom. The lowest BCUT2D eigenvalue weighted by Crippen LogP contribution is -2.34. The number of ether oxygens (including phenoxy) is 1. The second kappa shape index (κ2) is 11.7. The van der Waals surface area contributed by atoms with Gasteiger partial charge in [-0.3, -0.25) is 4.79 Å². The molecule has 1 unspecified atom stereocenters. The first-order valence-corrected chi connectivity index (χ1v) is 11.6. The van der Waals surface area contributed by atoms with Crippen molar-refractivity contribution in [3.63, 3.8) is 0 Å². The fourth-order valence-corrected chi connectivity index (χ4v) is 4.22. The summed E-state index contributed by atoms with van der Waals surface area (Å²) in [6.45, 7) is 6.00. The van der Waals surface area contributed by atoms with Gasteiger partial charge in [0.2, 0.25) is 5.91 Å². The average molecular weight is 441 g/mol. The fraction of sp³-hybridized carbons (Fsp3) is 0.462. The summed E-state index contributed by atoms with van der Waals surface area (Å²) < 4.78 is 19.1. The molecule has 0 saturated carbocycles. The molecule has 2 aromatic carbocycles. The number of rotatable bonds is 9. The van der Waals surface area contributed by atoms with Crippen molar-refractivity contribution in [2.45, 2.75) is 58.4 Å². The molecule has 0 aliphatic carbocycles. The molecule has 0 spiro atoms. The normalized spacial score (nSPS) is 14.7. The third-order valence-corrected chi connectivity index (χ3v) is 5.81. The van der Waals surface area contributed by atoms with Crippen molar-refractivity contribution in [1.29, 1.82) is 0 Å². The predicted octanol–water partition coefficient (Wildman–Crippen LogP) is 5.19. The molecule has 2 aromatic rings. The zero-order valence-electron chi connectivity index (χ0n) is 19.0. The summed E-state index contributed by atoms with van der Waals surface area (Å²) in [4.78, 5) is 26.9. The molecule has 0 bridgehead atoms. The van der Waals surface area contributed by atoms with Gasteiger partial charge in [-0.05, 0) is 68.0 Å². The summed E-state index contributed by atoms with van der Waals surface area (Å²) in [7, 11) is 0. The van der Waals surface area contributed by atoms with Crippen molar-refractivity contribution in [2.75, 3.05) is 24.6 Å². The molecule has 32 heavy (non-hydrogen) atoms. The van der Waals surface area contributed by atoms with Crippen LogP contribution in [-0.4, -0.2) is 31.6 Å². The van der Waals surface area contributed by atoms with E-state index < -0.39 is 0 Å². The van der Waals surface area contributed by atoms with Crippen molar-refractivity contribution < 1.29 is 18.7 Å². The number of hydrogen-bond donors (Lipinski definition) is 1. The number of nitrogens with one attached hydrogen (secondary N) is 1. The van der Waals surface area contributed by atoms with Gasteiger partial charge in [-0.2, -0.15) is 0 Å². The standard InChI is InChI=1S/C26H33FN2O3/c1-3-8-23(22-14-13-21(27)18-24(22)29-15-6-5-7-16-29)28-25(30)17-19-9-11-20(12-10-19)26(31)32-4-2/h9-14,18,23H,3-8,15-17H2,1-2H3,(H,28,30). The van der Waals surface area contributed by atoms with Crippen LogP contribution in [0.5, 0.6) is 0 Å². The smallest absolute Gasteiger partial charge is 0.338 e. The number of hydrogen-bond acceptors (Lipinski definition) is 4. The average Bonchev–Trinajstić information content (AvgIpc) is 2.80. The number of amides is 1. The van der Waals surface area contributed by atoms with E-state index in [1.165, 1.54) is 12.5 Å². The van der Waals surface area contributed by atoms with Crippen LogP contribution in [0, 0.1) is 5.82 Å². The summed E-state index contributed by atoms with van der Waals surface area (Å²) in [5.41, 5.74) is 3.15. The van der Waals surface area contributed by atoms with E-state index in [9.17, 15) is 14.0 Å². The zero-order chi connectivity index (χ0) is 22.9. The van der Waals surface area contributed by atoms with Gasteiger partial charge in [0.05, 0.1) is 24.6 Å². The molecule has 1 aliphatic rings. The van der Waals surface area contributed by atoms with Crippen molar-refractivity contribution in [2.24, 2.45) is 0 Å². The molecule has 1 fully saturated rings. The lowest BCUT2D eigenvalue weighted by atomic mass is 9.97. The van der Waals surface area contributed by atoms with Gasteiger partial charge in [-0.15, -0.1) is 0 Å². The molecule has 6 heteroatoms. The van der Waals surface area contributed by atoms with Crippen LogP contribution in [0.15, 0.2) is 42.5 Å². The van der Waals surface area contributed by atoms with Gasteiger partial charge in [-0.1, -0.05) is 31.5 Å². The van der Waals surface area contributed by atoms with E-state index in [2.05, 4.69) is 17.1 Å². The molecule has 3 rings (SSSR count).